The van der Waals surface area contributed by atoms with E-state index in [0.717, 1.165) is 0 Å². The highest BCUT2D eigenvalue weighted by Gasteiger charge is 1.26. The maximum absolute atomic E-state index is 8.36. The summed E-state index contributed by atoms with van der Waals surface area (Å²) in [6.45, 7) is 0. The third-order valence-corrected chi connectivity index (χ3v) is 0. The Morgan fingerprint density at radius 3 is 1.50 bits per heavy atom. The molecule has 0 saturated heterocycles. The highest BCUT2D eigenvalue weighted by Crippen LogP contribution is 1.55. The zero-order chi connectivity index (χ0) is 3.58. The van der Waals surface area contributed by atoms with Gasteiger partial charge in [-0.25, -0.2) is 0 Å². The first kappa shape index (κ1) is 3.84. The summed E-state index contributed by atoms with van der Waals surface area (Å²) in [6, 6.07) is 0. The number of hydrogen-bond donors (Lipinski definition) is 1. The van der Waals surface area contributed by atoms with Crippen LogP contribution in [0.5, 0.6) is 0 Å². The highest BCUT2D eigenvalue weighted by molar-refractivity contribution is 4.29. The molecule has 0 fully saturated rings. The maximum Gasteiger partial charge on any atom is -0.339 e. The second kappa shape index (κ2) is 1.19. The summed E-state index contributed by atoms with van der Waals surface area (Å²) >= 11 is 0. The van der Waals surface area contributed by atoms with E-state index in [1.165, 1.54) is 0 Å². The average Bonchev–Trinajstić information content (AvgIpc) is 0.811. The average molecular weight is 63.0 g/mol. The van der Waals surface area contributed by atoms with Crippen LogP contribution in [0.4, 0.5) is 0 Å². The number of nitrogens with zero attached hydrogens (tertiary/aromatic N) is 1. The molecule has 4 heteroatoms. The molecule has 0 heterocycles. The molecule has 0 unspecified atom stereocenters. The van der Waals surface area contributed by atoms with Crippen molar-refractivity contribution in [3.8, 4) is 0 Å². The predicted molar refractivity (Wildman–Crippen MR) is 10.4 cm³/mol. The van der Waals surface area contributed by atoms with Gasteiger partial charge in [-0.2, -0.15) is 0 Å². The van der Waals surface area contributed by atoms with Crippen LogP contribution >= 0.6 is 0 Å². The van der Waals surface area contributed by atoms with Gasteiger partial charge in [0.05, 0.1) is 0 Å². The lowest BCUT2D eigenvalue weighted by Crippen LogP contribution is -1.94. The Hall–Kier alpha value is -0.160. The summed E-state index contributed by atoms with van der Waals surface area (Å²) in [5.41, 5.74) is 0. The minimum absolute atomic E-state index is 1.50. The summed E-state index contributed by atoms with van der Waals surface area (Å²) in [5.74, 6) is 0. The topological polar surface area (TPSA) is 69.6 Å². The summed E-state index contributed by atoms with van der Waals surface area (Å²) in [7, 11) is 0. The fourth-order valence-corrected chi connectivity index (χ4v) is 0. The maximum atomic E-state index is 8.36. The fourth-order valence-electron chi connectivity index (χ4n) is 0. The minimum atomic E-state index is -1.50. The molecule has 0 rings (SSSR count). The molecule has 0 saturated carbocycles. The molecule has 0 radical (unpaired) electrons. The molecule has 0 aliphatic rings. The van der Waals surface area contributed by atoms with E-state index in [1.54, 1.807) is 0 Å². The number of rotatable bonds is 0. The lowest BCUT2D eigenvalue weighted by Gasteiger charge is -2.24. The molecular weight excluding hydrogens is 62.0 g/mol. The largest absolute Gasteiger partial charge is 0.774 e. The molecule has 0 aromatic rings. The molecule has 0 aromatic heterocycles. The lowest BCUT2D eigenvalue weighted by molar-refractivity contribution is 0.0123. The van der Waals surface area contributed by atoms with Gasteiger partial charge < -0.3 is 21.0 Å². The monoisotopic (exact) mass is 63.0 g/mol. The zero-order valence-electron chi connectivity index (χ0n) is 1.71. The van der Waals surface area contributed by atoms with Crippen molar-refractivity contribution in [3.05, 3.63) is 10.4 Å². The van der Waals surface area contributed by atoms with Gasteiger partial charge in [-0.3, -0.25) is 0 Å². The Morgan fingerprint density at radius 1 is 1.50 bits per heavy atom. The molecule has 0 aliphatic heterocycles. The Kier molecular flexibility index (Phi) is 1.14. The van der Waals surface area contributed by atoms with Crippen molar-refractivity contribution in [1.82, 2.24) is 5.39 Å². The van der Waals surface area contributed by atoms with E-state index in [4.69, 9.17) is 15.6 Å². The van der Waals surface area contributed by atoms with Gasteiger partial charge in [0, 0.05) is 0 Å². The quantitative estimate of drug-likeness (QED) is 0.391. The van der Waals surface area contributed by atoms with Crippen molar-refractivity contribution in [3.63, 3.8) is 0 Å². The lowest BCUT2D eigenvalue weighted by atomic mass is 13.0. The van der Waals surface area contributed by atoms with Gasteiger partial charge in [0.2, 0.25) is 0 Å². The van der Waals surface area contributed by atoms with E-state index >= 15 is 0 Å². The van der Waals surface area contributed by atoms with Crippen molar-refractivity contribution in [2.24, 2.45) is 0 Å². The van der Waals surface area contributed by atoms with Crippen LogP contribution < -0.4 is 0 Å². The van der Waals surface area contributed by atoms with Gasteiger partial charge in [0.25, 0.3) is 0 Å². The van der Waals surface area contributed by atoms with Crippen molar-refractivity contribution in [2.45, 2.75) is 0 Å². The molecule has 0 bridgehead atoms. The summed E-state index contributed by atoms with van der Waals surface area (Å²) in [4.78, 5) is 0. The second-order valence-electron chi connectivity index (χ2n) is 0.238. The molecule has 0 aromatic carbocycles. The Morgan fingerprint density at radius 2 is 1.50 bits per heavy atom. The van der Waals surface area contributed by atoms with Crippen LogP contribution in [0.3, 0.4) is 0 Å². The zero-order valence-corrected chi connectivity index (χ0v) is 1.71. The first-order valence-electron chi connectivity index (χ1n) is 0.565. The van der Waals surface area contributed by atoms with E-state index in [1.807, 2.05) is 0 Å². The van der Waals surface area contributed by atoms with Crippen LogP contribution in [-0.4, -0.2) is 10.6 Å². The third-order valence-electron chi connectivity index (χ3n) is 0. The number of hydrogen-bond acceptors (Lipinski definition) is 4. The molecule has 0 spiro atoms. The first-order valence-corrected chi connectivity index (χ1v) is 0.565. The predicted octanol–water partition coefficient (Wildman–Crippen LogP) is -0.327. The van der Waals surface area contributed by atoms with Gasteiger partial charge in [0.15, 0.2) is 0 Å². The van der Waals surface area contributed by atoms with Crippen molar-refractivity contribution < 1.29 is 5.21 Å². The molecule has 0 aliphatic carbocycles. The molecule has 0 amide bonds. The fraction of sp³-hybridized carbons (Fsp3) is 0. The van der Waals surface area contributed by atoms with Gasteiger partial charge >= 0.3 is 0 Å². The van der Waals surface area contributed by atoms with E-state index in [-0.39, 0.29) is 0 Å². The highest BCUT2D eigenvalue weighted by atomic mass is 17.0. The summed E-state index contributed by atoms with van der Waals surface area (Å²) < 4.78 is 0. The van der Waals surface area contributed by atoms with Crippen LogP contribution in [0.25, 0.3) is 0 Å². The summed E-state index contributed by atoms with van der Waals surface area (Å²) in [5, 5.41) is 22.0. The molecule has 26 valence electrons. The normalized spacial score (nSPS) is 9.00. The van der Waals surface area contributed by atoms with Crippen LogP contribution in [0.2, 0.25) is 0 Å². The van der Waals surface area contributed by atoms with Gasteiger partial charge in [0.1, 0.15) is 0 Å². The Labute approximate surface area is 22.4 Å². The van der Waals surface area contributed by atoms with Crippen molar-refractivity contribution >= 4 is 0 Å². The third kappa shape index (κ3) is 50.7. The van der Waals surface area contributed by atoms with Crippen molar-refractivity contribution in [1.29, 1.82) is 0 Å². The molecule has 4 heavy (non-hydrogen) atoms. The van der Waals surface area contributed by atoms with E-state index < -0.39 is 5.39 Å². The van der Waals surface area contributed by atoms with Crippen LogP contribution in [-0.2, 0) is 0 Å². The minimum Gasteiger partial charge on any atom is -0.774 e. The first-order chi connectivity index (χ1) is 1.73. The van der Waals surface area contributed by atoms with E-state index in [9.17, 15) is 0 Å². The molecule has 0 atom stereocenters. The smallest absolute Gasteiger partial charge is 0.339 e. The van der Waals surface area contributed by atoms with Gasteiger partial charge in [-0.05, 0) is 0 Å². The molecule has 1 N–H and O–H groups in total. The van der Waals surface area contributed by atoms with E-state index in [0.29, 0.717) is 0 Å². The van der Waals surface area contributed by atoms with Gasteiger partial charge in [-0.1, -0.05) is 0 Å². The second-order valence-corrected chi connectivity index (χ2v) is 0.238. The molecular formula is HNO3-2. The van der Waals surface area contributed by atoms with Crippen molar-refractivity contribution in [2.75, 3.05) is 0 Å². The van der Waals surface area contributed by atoms with Crippen LogP contribution in [0.15, 0.2) is 0 Å². The Balaban J connectivity index is 2.32. The SMILES string of the molecule is [O-]N([O-])O. The van der Waals surface area contributed by atoms with Crippen LogP contribution in [0.1, 0.15) is 0 Å². The molecule has 4 nitrogen and oxygen atoms in total. The summed E-state index contributed by atoms with van der Waals surface area (Å²) in [6.07, 6.45) is 0. The van der Waals surface area contributed by atoms with Gasteiger partial charge in [-0.15, -0.1) is 0 Å². The Bertz CT molecular complexity index is 8.00. The standard InChI is InChI=1S/HNO3/c2-1(3)4/h2H/q-2. The van der Waals surface area contributed by atoms with Crippen LogP contribution in [0, 0.1) is 10.4 Å². The van der Waals surface area contributed by atoms with E-state index in [2.05, 4.69) is 0 Å².